The number of hydrogen-bond donors (Lipinski definition) is 2. The fourth-order valence-electron chi connectivity index (χ4n) is 5.18. The van der Waals surface area contributed by atoms with Gasteiger partial charge in [0.25, 0.3) is 0 Å². The van der Waals surface area contributed by atoms with Crippen molar-refractivity contribution in [1.82, 2.24) is 15.5 Å². The molecule has 0 aliphatic carbocycles. The van der Waals surface area contributed by atoms with Crippen LogP contribution in [0.4, 0.5) is 5.69 Å². The quantitative estimate of drug-likeness (QED) is 0.502. The molecule has 1 spiro atoms. The lowest BCUT2D eigenvalue weighted by atomic mass is 9.74. The number of carbonyl (C=O) groups is 2. The Balaban J connectivity index is 1.47. The topological polar surface area (TPSA) is 108 Å². The summed E-state index contributed by atoms with van der Waals surface area (Å²) in [5, 5.41) is 5.86. The van der Waals surface area contributed by atoms with Crippen LogP contribution < -0.4 is 14.9 Å². The van der Waals surface area contributed by atoms with Gasteiger partial charge in [0.1, 0.15) is 6.04 Å². The van der Waals surface area contributed by atoms with Crippen molar-refractivity contribution in [3.05, 3.63) is 65.7 Å². The second-order valence-corrected chi connectivity index (χ2v) is 12.7. The summed E-state index contributed by atoms with van der Waals surface area (Å²) in [6, 6.07) is 16.5. The number of rotatable bonds is 9. The van der Waals surface area contributed by atoms with E-state index in [0.717, 1.165) is 16.8 Å². The van der Waals surface area contributed by atoms with Crippen LogP contribution in [-0.4, -0.2) is 76.3 Å². The molecule has 38 heavy (non-hydrogen) atoms. The third-order valence-electron chi connectivity index (χ3n) is 7.82. The van der Waals surface area contributed by atoms with Crippen LogP contribution in [0.25, 0.3) is 0 Å². The molecule has 2 heterocycles. The molecule has 10 heteroatoms. The van der Waals surface area contributed by atoms with E-state index in [-0.39, 0.29) is 23.8 Å². The van der Waals surface area contributed by atoms with Crippen molar-refractivity contribution >= 4 is 27.5 Å². The van der Waals surface area contributed by atoms with Gasteiger partial charge in [-0.15, -0.1) is 0 Å². The standard InChI is InChI=1S/C28H38N4O5S/c1-27(2,29-3)26(34)30-23(19-37-18-21-10-6-5-7-11-21)25(33)31-16-14-28(15-17-31)20-32(38(4,35)36)24-13-9-8-12-22(24)28/h5-13,23,29H,14-20H2,1-4H3,(H,30,34)/t23-/m1/s1. The fourth-order valence-corrected chi connectivity index (χ4v) is 6.18. The van der Waals surface area contributed by atoms with Crippen molar-refractivity contribution in [2.24, 2.45) is 0 Å². The summed E-state index contributed by atoms with van der Waals surface area (Å²) >= 11 is 0. The number of nitrogens with zero attached hydrogens (tertiary/aromatic N) is 2. The van der Waals surface area contributed by atoms with Gasteiger partial charge in [-0.05, 0) is 50.9 Å². The number of sulfonamides is 1. The molecular weight excluding hydrogens is 504 g/mol. The van der Waals surface area contributed by atoms with Crippen LogP contribution in [0.3, 0.4) is 0 Å². The number of carbonyl (C=O) groups excluding carboxylic acids is 2. The first-order valence-corrected chi connectivity index (χ1v) is 14.8. The fraction of sp³-hybridized carbons (Fsp3) is 0.500. The number of likely N-dealkylation sites (tertiary alicyclic amines) is 1. The minimum Gasteiger partial charge on any atom is -0.374 e. The predicted molar refractivity (Wildman–Crippen MR) is 147 cm³/mol. The number of amides is 2. The Bertz CT molecular complexity index is 1260. The average molecular weight is 543 g/mol. The summed E-state index contributed by atoms with van der Waals surface area (Å²) in [5.41, 5.74) is 1.53. The molecule has 2 aliphatic heterocycles. The summed E-state index contributed by atoms with van der Waals surface area (Å²) < 4.78 is 32.4. The minimum absolute atomic E-state index is 0.0472. The maximum atomic E-state index is 13.7. The maximum Gasteiger partial charge on any atom is 0.247 e. The molecule has 2 aromatic carbocycles. The highest BCUT2D eigenvalue weighted by Crippen LogP contribution is 2.47. The Morgan fingerprint density at radius 1 is 1.05 bits per heavy atom. The van der Waals surface area contributed by atoms with E-state index in [2.05, 4.69) is 10.6 Å². The van der Waals surface area contributed by atoms with Crippen molar-refractivity contribution in [2.75, 3.05) is 43.8 Å². The van der Waals surface area contributed by atoms with Gasteiger partial charge in [-0.1, -0.05) is 48.5 Å². The van der Waals surface area contributed by atoms with Crippen LogP contribution in [0.2, 0.25) is 0 Å². The second kappa shape index (κ2) is 11.0. The smallest absolute Gasteiger partial charge is 0.247 e. The highest BCUT2D eigenvalue weighted by atomic mass is 32.2. The van der Waals surface area contributed by atoms with Gasteiger partial charge in [0.15, 0.2) is 0 Å². The molecule has 1 atom stereocenters. The van der Waals surface area contributed by atoms with Gasteiger partial charge in [0.2, 0.25) is 21.8 Å². The molecule has 2 aromatic rings. The molecule has 2 N–H and O–H groups in total. The molecule has 9 nitrogen and oxygen atoms in total. The molecule has 0 radical (unpaired) electrons. The van der Waals surface area contributed by atoms with E-state index in [1.54, 1.807) is 25.8 Å². The predicted octanol–water partition coefficient (Wildman–Crippen LogP) is 2.03. The zero-order chi connectivity index (χ0) is 27.6. The summed E-state index contributed by atoms with van der Waals surface area (Å²) in [6.45, 7) is 5.19. The largest absolute Gasteiger partial charge is 0.374 e. The van der Waals surface area contributed by atoms with E-state index < -0.39 is 21.6 Å². The van der Waals surface area contributed by atoms with Gasteiger partial charge >= 0.3 is 0 Å². The second-order valence-electron chi connectivity index (χ2n) is 10.8. The molecule has 2 amide bonds. The van der Waals surface area contributed by atoms with Crippen molar-refractivity contribution in [2.45, 2.75) is 50.3 Å². The normalized spacial score (nSPS) is 17.8. The van der Waals surface area contributed by atoms with Crippen LogP contribution in [0, 0.1) is 0 Å². The number of likely N-dealkylation sites (N-methyl/N-ethyl adjacent to an activating group) is 1. The number of piperidine rings is 1. The third-order valence-corrected chi connectivity index (χ3v) is 8.94. The Morgan fingerprint density at radius 3 is 2.32 bits per heavy atom. The van der Waals surface area contributed by atoms with Crippen molar-refractivity contribution in [3.63, 3.8) is 0 Å². The number of anilines is 1. The van der Waals surface area contributed by atoms with E-state index in [0.29, 0.717) is 39.1 Å². The Kier molecular flexibility index (Phi) is 8.15. The van der Waals surface area contributed by atoms with Crippen LogP contribution in [0.5, 0.6) is 0 Å². The third kappa shape index (κ3) is 5.87. The molecule has 0 saturated carbocycles. The van der Waals surface area contributed by atoms with Crippen LogP contribution >= 0.6 is 0 Å². The summed E-state index contributed by atoms with van der Waals surface area (Å²) in [4.78, 5) is 28.4. The lowest BCUT2D eigenvalue weighted by Crippen LogP contribution is -2.59. The van der Waals surface area contributed by atoms with Gasteiger partial charge in [0, 0.05) is 25.0 Å². The first-order valence-electron chi connectivity index (χ1n) is 12.9. The maximum absolute atomic E-state index is 13.7. The van der Waals surface area contributed by atoms with Crippen molar-refractivity contribution in [1.29, 1.82) is 0 Å². The van der Waals surface area contributed by atoms with E-state index >= 15 is 0 Å². The van der Waals surface area contributed by atoms with E-state index in [1.807, 2.05) is 54.6 Å². The number of nitrogens with one attached hydrogen (secondary N) is 2. The zero-order valence-electron chi connectivity index (χ0n) is 22.6. The van der Waals surface area contributed by atoms with E-state index in [1.165, 1.54) is 10.6 Å². The van der Waals surface area contributed by atoms with Gasteiger partial charge < -0.3 is 20.3 Å². The monoisotopic (exact) mass is 542 g/mol. The van der Waals surface area contributed by atoms with Gasteiger partial charge in [0.05, 0.1) is 30.7 Å². The molecule has 0 unspecified atom stereocenters. The molecule has 0 bridgehead atoms. The minimum atomic E-state index is -3.42. The average Bonchev–Trinajstić information content (AvgIpc) is 3.23. The molecule has 1 saturated heterocycles. The molecule has 2 aliphatic rings. The van der Waals surface area contributed by atoms with Crippen LogP contribution in [0.15, 0.2) is 54.6 Å². The Labute approximate surface area is 225 Å². The van der Waals surface area contributed by atoms with Crippen molar-refractivity contribution in [3.8, 4) is 0 Å². The highest BCUT2D eigenvalue weighted by Gasteiger charge is 2.48. The first-order chi connectivity index (χ1) is 18.0. The van der Waals surface area contributed by atoms with E-state index in [9.17, 15) is 18.0 Å². The van der Waals surface area contributed by atoms with Gasteiger partial charge in [-0.3, -0.25) is 13.9 Å². The summed E-state index contributed by atoms with van der Waals surface area (Å²) in [6.07, 6.45) is 2.50. The summed E-state index contributed by atoms with van der Waals surface area (Å²) in [7, 11) is -1.72. The Morgan fingerprint density at radius 2 is 1.68 bits per heavy atom. The van der Waals surface area contributed by atoms with Crippen LogP contribution in [0.1, 0.15) is 37.8 Å². The number of fused-ring (bicyclic) bond motifs is 2. The lowest BCUT2D eigenvalue weighted by Gasteiger charge is -2.41. The molecule has 0 aromatic heterocycles. The number of para-hydroxylation sites is 1. The first kappa shape index (κ1) is 28.1. The highest BCUT2D eigenvalue weighted by molar-refractivity contribution is 7.92. The SMILES string of the molecule is CNC(C)(C)C(=O)N[C@H](COCc1ccccc1)C(=O)N1CCC2(CC1)CN(S(C)(=O)=O)c1ccccc12. The van der Waals surface area contributed by atoms with Crippen molar-refractivity contribution < 1.29 is 22.7 Å². The van der Waals surface area contributed by atoms with Crippen LogP contribution in [-0.2, 0) is 36.4 Å². The van der Waals surface area contributed by atoms with E-state index in [4.69, 9.17) is 4.74 Å². The molecule has 1 fully saturated rings. The van der Waals surface area contributed by atoms with Gasteiger partial charge in [-0.2, -0.15) is 0 Å². The summed E-state index contributed by atoms with van der Waals surface area (Å²) in [5.74, 6) is -0.483. The number of ether oxygens (including phenoxy) is 1. The number of hydrogen-bond acceptors (Lipinski definition) is 6. The number of benzene rings is 2. The molecule has 206 valence electrons. The Hall–Kier alpha value is -2.95. The zero-order valence-corrected chi connectivity index (χ0v) is 23.4. The molecule has 4 rings (SSSR count). The molecular formula is C28H38N4O5S. The lowest BCUT2D eigenvalue weighted by molar-refractivity contribution is -0.141. The van der Waals surface area contributed by atoms with Gasteiger partial charge in [-0.25, -0.2) is 8.42 Å².